The fourth-order valence-corrected chi connectivity index (χ4v) is 8.38. The van der Waals surface area contributed by atoms with Gasteiger partial charge in [-0.3, -0.25) is 13.8 Å². The van der Waals surface area contributed by atoms with Crippen molar-refractivity contribution in [2.24, 2.45) is 5.73 Å². The lowest BCUT2D eigenvalue weighted by Crippen LogP contribution is -2.46. The van der Waals surface area contributed by atoms with Gasteiger partial charge >= 0.3 is 7.82 Å². The minimum atomic E-state index is -4.33. The van der Waals surface area contributed by atoms with Crippen LogP contribution >= 0.6 is 7.82 Å². The van der Waals surface area contributed by atoms with Gasteiger partial charge in [0.25, 0.3) is 0 Å². The molecule has 0 aromatic rings. The number of carbonyl (C=O) groups excluding carboxylic acids is 1. The van der Waals surface area contributed by atoms with E-state index in [1.54, 1.807) is 0 Å². The number of nitrogens with two attached hydrogens (primary N) is 1. The summed E-state index contributed by atoms with van der Waals surface area (Å²) in [5.41, 5.74) is 5.40. The summed E-state index contributed by atoms with van der Waals surface area (Å²) in [5, 5.41) is 13.9. The smallest absolute Gasteiger partial charge is 0.391 e. The molecule has 0 fully saturated rings. The lowest BCUT2D eigenvalue weighted by Gasteiger charge is -2.25. The molecular weight excluding hydrogens is 768 g/mol. The molecule has 0 heterocycles. The number of aliphatic hydroxyl groups excluding tert-OH is 1. The van der Waals surface area contributed by atoms with Gasteiger partial charge in [0.2, 0.25) is 5.91 Å². The maximum atomic E-state index is 12.8. The molecule has 0 bridgehead atoms. The molecule has 3 unspecified atom stereocenters. The molecular formula is C51H99N2O6P. The van der Waals surface area contributed by atoms with Crippen LogP contribution in [0.3, 0.4) is 0 Å². The summed E-state index contributed by atoms with van der Waals surface area (Å²) in [5.74, 6) is -0.171. The van der Waals surface area contributed by atoms with Crippen LogP contribution in [-0.2, 0) is 18.4 Å². The molecule has 0 radical (unpaired) electrons. The summed E-state index contributed by atoms with van der Waals surface area (Å²) in [6.07, 6.45) is 57.3. The normalized spacial score (nSPS) is 14.2. The number of hydrogen-bond donors (Lipinski definition) is 4. The van der Waals surface area contributed by atoms with Crippen molar-refractivity contribution in [3.8, 4) is 0 Å². The number of carbonyl (C=O) groups is 1. The van der Waals surface area contributed by atoms with Crippen LogP contribution < -0.4 is 11.1 Å². The molecule has 0 rings (SSSR count). The van der Waals surface area contributed by atoms with Crippen molar-refractivity contribution < 1.29 is 28.4 Å². The predicted octanol–water partition coefficient (Wildman–Crippen LogP) is 15.1. The van der Waals surface area contributed by atoms with Gasteiger partial charge < -0.3 is 21.1 Å². The highest BCUT2D eigenvalue weighted by atomic mass is 31.2. The van der Waals surface area contributed by atoms with E-state index in [-0.39, 0.29) is 25.7 Å². The van der Waals surface area contributed by atoms with Crippen molar-refractivity contribution in [2.45, 2.75) is 264 Å². The van der Waals surface area contributed by atoms with Crippen molar-refractivity contribution in [2.75, 3.05) is 19.8 Å². The molecule has 0 aliphatic heterocycles. The molecule has 0 aromatic carbocycles. The third-order valence-corrected chi connectivity index (χ3v) is 12.5. The van der Waals surface area contributed by atoms with Gasteiger partial charge in [-0.05, 0) is 51.4 Å². The first-order valence-electron chi connectivity index (χ1n) is 25.6. The Morgan fingerprint density at radius 1 is 0.550 bits per heavy atom. The minimum Gasteiger partial charge on any atom is -0.391 e. The van der Waals surface area contributed by atoms with Crippen molar-refractivity contribution >= 4 is 13.7 Å². The van der Waals surface area contributed by atoms with E-state index in [2.05, 4.69) is 55.6 Å². The summed E-state index contributed by atoms with van der Waals surface area (Å²) in [6, 6.07) is -0.782. The molecule has 0 aliphatic rings. The number of nitrogens with one attached hydrogen (secondary N) is 1. The quantitative estimate of drug-likeness (QED) is 0.0272. The van der Waals surface area contributed by atoms with E-state index in [1.807, 2.05) is 0 Å². The van der Waals surface area contributed by atoms with Crippen LogP contribution in [0.15, 0.2) is 36.5 Å². The Morgan fingerprint density at radius 2 is 0.917 bits per heavy atom. The first kappa shape index (κ1) is 58.7. The van der Waals surface area contributed by atoms with Crippen molar-refractivity contribution in [3.63, 3.8) is 0 Å². The van der Waals surface area contributed by atoms with Gasteiger partial charge in [0.1, 0.15) is 0 Å². The molecule has 60 heavy (non-hydrogen) atoms. The number of rotatable bonds is 48. The standard InChI is InChI=1S/C51H99N2O6P/c1-3-5-7-9-11-13-15-17-19-21-23-25-27-29-31-33-35-37-39-41-43-45-51(55)53-49(48-59-60(56,57)58-47-46-52)50(54)44-42-40-38-36-34-32-30-28-26-24-22-20-18-16-14-12-10-8-6-4-2/h15,17,21,23,27,29,49-50,54H,3-14,16,18-20,22,24-26,28,30-48,52H2,1-2H3,(H,53,55)(H,56,57)/b17-15-,23-21-,29-27-. The van der Waals surface area contributed by atoms with E-state index >= 15 is 0 Å². The Labute approximate surface area is 371 Å². The number of amides is 1. The van der Waals surface area contributed by atoms with Crippen LogP contribution in [0.4, 0.5) is 0 Å². The largest absolute Gasteiger partial charge is 0.472 e. The molecule has 354 valence electrons. The molecule has 9 heteroatoms. The summed E-state index contributed by atoms with van der Waals surface area (Å²) in [7, 11) is -4.33. The average Bonchev–Trinajstić information content (AvgIpc) is 3.24. The van der Waals surface area contributed by atoms with Gasteiger partial charge in [0, 0.05) is 13.0 Å². The van der Waals surface area contributed by atoms with E-state index in [9.17, 15) is 19.4 Å². The predicted molar refractivity (Wildman–Crippen MR) is 258 cm³/mol. The van der Waals surface area contributed by atoms with Gasteiger partial charge in [-0.25, -0.2) is 4.57 Å². The van der Waals surface area contributed by atoms with E-state index in [1.165, 1.54) is 161 Å². The highest BCUT2D eigenvalue weighted by Gasteiger charge is 2.27. The first-order valence-corrected chi connectivity index (χ1v) is 27.1. The number of phosphoric ester groups is 1. The fourth-order valence-electron chi connectivity index (χ4n) is 7.62. The SMILES string of the molecule is CCCCCCC/C=C\C/C=C\C/C=C\CCCCCCCCC(=O)NC(COP(=O)(O)OCCN)C(O)CCCCCCCCCCCCCCCCCCCCCC. The third kappa shape index (κ3) is 44.8. The van der Waals surface area contributed by atoms with Crippen LogP contribution in [-0.4, -0.2) is 47.8 Å². The second kappa shape index (κ2) is 47.2. The molecule has 0 saturated heterocycles. The van der Waals surface area contributed by atoms with Crippen molar-refractivity contribution in [3.05, 3.63) is 36.5 Å². The van der Waals surface area contributed by atoms with Gasteiger partial charge in [0.15, 0.2) is 0 Å². The lowest BCUT2D eigenvalue weighted by atomic mass is 10.0. The number of allylic oxidation sites excluding steroid dienone is 6. The molecule has 5 N–H and O–H groups in total. The monoisotopic (exact) mass is 867 g/mol. The molecule has 0 aliphatic carbocycles. The van der Waals surface area contributed by atoms with Crippen LogP contribution in [0.25, 0.3) is 0 Å². The molecule has 0 spiro atoms. The zero-order valence-electron chi connectivity index (χ0n) is 39.5. The van der Waals surface area contributed by atoms with Crippen LogP contribution in [0.2, 0.25) is 0 Å². The van der Waals surface area contributed by atoms with E-state index < -0.39 is 20.0 Å². The Hall–Kier alpha value is -1.28. The summed E-state index contributed by atoms with van der Waals surface area (Å²) < 4.78 is 22.3. The fraction of sp³-hybridized carbons (Fsp3) is 0.863. The van der Waals surface area contributed by atoms with Crippen LogP contribution in [0.5, 0.6) is 0 Å². The second-order valence-electron chi connectivity index (χ2n) is 17.4. The van der Waals surface area contributed by atoms with Gasteiger partial charge in [-0.1, -0.05) is 230 Å². The summed E-state index contributed by atoms with van der Waals surface area (Å²) in [4.78, 5) is 22.8. The van der Waals surface area contributed by atoms with E-state index in [0.717, 1.165) is 64.2 Å². The maximum absolute atomic E-state index is 12.8. The number of hydrogen-bond acceptors (Lipinski definition) is 6. The van der Waals surface area contributed by atoms with E-state index in [4.69, 9.17) is 14.8 Å². The van der Waals surface area contributed by atoms with E-state index in [0.29, 0.717) is 12.8 Å². The number of aliphatic hydroxyl groups is 1. The Bertz CT molecular complexity index is 1040. The third-order valence-electron chi connectivity index (χ3n) is 11.5. The Morgan fingerprint density at radius 3 is 1.33 bits per heavy atom. The highest BCUT2D eigenvalue weighted by molar-refractivity contribution is 7.47. The Balaban J connectivity index is 4.09. The topological polar surface area (TPSA) is 131 Å². The van der Waals surface area contributed by atoms with Crippen molar-refractivity contribution in [1.29, 1.82) is 0 Å². The Kier molecular flexibility index (Phi) is 46.2. The minimum absolute atomic E-state index is 0.0861. The van der Waals surface area contributed by atoms with Gasteiger partial charge in [-0.15, -0.1) is 0 Å². The second-order valence-corrected chi connectivity index (χ2v) is 18.8. The molecule has 3 atom stereocenters. The first-order chi connectivity index (χ1) is 29.4. The molecule has 8 nitrogen and oxygen atoms in total. The van der Waals surface area contributed by atoms with Crippen molar-refractivity contribution in [1.82, 2.24) is 5.32 Å². The lowest BCUT2D eigenvalue weighted by molar-refractivity contribution is -0.123. The zero-order chi connectivity index (χ0) is 43.9. The number of unbranched alkanes of at least 4 members (excludes halogenated alkanes) is 30. The zero-order valence-corrected chi connectivity index (χ0v) is 40.3. The van der Waals surface area contributed by atoms with Gasteiger partial charge in [-0.2, -0.15) is 0 Å². The average molecular weight is 867 g/mol. The highest BCUT2D eigenvalue weighted by Crippen LogP contribution is 2.43. The molecule has 1 amide bonds. The maximum Gasteiger partial charge on any atom is 0.472 e. The molecule has 0 saturated carbocycles. The summed E-state index contributed by atoms with van der Waals surface area (Å²) in [6.45, 7) is 4.21. The number of phosphoric acid groups is 1. The van der Waals surface area contributed by atoms with Crippen LogP contribution in [0.1, 0.15) is 251 Å². The van der Waals surface area contributed by atoms with Crippen LogP contribution in [0, 0.1) is 0 Å². The summed E-state index contributed by atoms with van der Waals surface area (Å²) >= 11 is 0. The van der Waals surface area contributed by atoms with Gasteiger partial charge in [0.05, 0.1) is 25.4 Å². The molecule has 0 aromatic heterocycles.